The van der Waals surface area contributed by atoms with Gasteiger partial charge in [-0.1, -0.05) is 12.1 Å². The predicted molar refractivity (Wildman–Crippen MR) is 112 cm³/mol. The lowest BCUT2D eigenvalue weighted by Crippen LogP contribution is -2.39. The molecule has 1 aliphatic rings. The maximum atomic E-state index is 12.6. The summed E-state index contributed by atoms with van der Waals surface area (Å²) in [5.41, 5.74) is 3.11. The summed E-state index contributed by atoms with van der Waals surface area (Å²) in [7, 11) is 3.61. The Bertz CT molecular complexity index is 756. The zero-order valence-corrected chi connectivity index (χ0v) is 16.9. The molecule has 1 fully saturated rings. The highest BCUT2D eigenvalue weighted by Crippen LogP contribution is 2.20. The van der Waals surface area contributed by atoms with Gasteiger partial charge in [-0.2, -0.15) is 0 Å². The summed E-state index contributed by atoms with van der Waals surface area (Å²) >= 11 is 0. The average molecular weight is 383 g/mol. The molecule has 1 amide bonds. The molecule has 0 saturated carbocycles. The summed E-state index contributed by atoms with van der Waals surface area (Å²) in [6.45, 7) is 5.93. The Labute approximate surface area is 167 Å². The lowest BCUT2D eigenvalue weighted by Gasteiger charge is -2.29. The van der Waals surface area contributed by atoms with E-state index >= 15 is 0 Å². The Morgan fingerprint density at radius 1 is 1.14 bits per heavy atom. The van der Waals surface area contributed by atoms with Crippen molar-refractivity contribution in [2.75, 3.05) is 50.7 Å². The van der Waals surface area contributed by atoms with Gasteiger partial charge in [0.1, 0.15) is 5.75 Å². The van der Waals surface area contributed by atoms with Gasteiger partial charge in [0, 0.05) is 31.0 Å². The molecule has 0 aliphatic carbocycles. The first-order chi connectivity index (χ1) is 13.6. The van der Waals surface area contributed by atoms with Crippen molar-refractivity contribution >= 4 is 17.3 Å². The van der Waals surface area contributed by atoms with Gasteiger partial charge in [0.15, 0.2) is 0 Å². The highest BCUT2D eigenvalue weighted by Gasteiger charge is 2.18. The zero-order valence-electron chi connectivity index (χ0n) is 16.9. The number of nitrogens with one attached hydrogen (secondary N) is 1. The highest BCUT2D eigenvalue weighted by molar-refractivity contribution is 5.94. The molecule has 0 spiro atoms. The van der Waals surface area contributed by atoms with Gasteiger partial charge in [-0.3, -0.25) is 9.69 Å². The van der Waals surface area contributed by atoms with E-state index in [1.165, 1.54) is 0 Å². The summed E-state index contributed by atoms with van der Waals surface area (Å²) in [6, 6.07) is 15.7. The van der Waals surface area contributed by atoms with E-state index in [4.69, 9.17) is 9.47 Å². The molecule has 0 bridgehead atoms. The SMILES string of the molecule is COc1ccc(CN(C)C(C)C(=O)Nc2ccc(N3CCOCC3)cc2)cc1. The van der Waals surface area contributed by atoms with Crippen molar-refractivity contribution < 1.29 is 14.3 Å². The number of nitrogens with zero attached hydrogens (tertiary/aromatic N) is 2. The monoisotopic (exact) mass is 383 g/mol. The number of amides is 1. The maximum Gasteiger partial charge on any atom is 0.241 e. The second kappa shape index (κ2) is 9.57. The minimum absolute atomic E-state index is 0.0184. The van der Waals surface area contributed by atoms with E-state index in [2.05, 4.69) is 10.2 Å². The minimum Gasteiger partial charge on any atom is -0.497 e. The average Bonchev–Trinajstić information content (AvgIpc) is 2.74. The number of benzene rings is 2. The molecule has 1 heterocycles. The molecule has 1 atom stereocenters. The van der Waals surface area contributed by atoms with Gasteiger partial charge in [-0.05, 0) is 55.9 Å². The maximum absolute atomic E-state index is 12.6. The number of rotatable bonds is 7. The molecule has 3 rings (SSSR count). The van der Waals surface area contributed by atoms with E-state index in [1.54, 1.807) is 7.11 Å². The number of carbonyl (C=O) groups excluding carboxylic acids is 1. The van der Waals surface area contributed by atoms with Crippen LogP contribution in [0.3, 0.4) is 0 Å². The van der Waals surface area contributed by atoms with E-state index in [0.29, 0.717) is 6.54 Å². The Morgan fingerprint density at radius 2 is 1.79 bits per heavy atom. The Kier molecular flexibility index (Phi) is 6.90. The van der Waals surface area contributed by atoms with Crippen LogP contribution in [0.4, 0.5) is 11.4 Å². The van der Waals surface area contributed by atoms with Crippen LogP contribution in [0.1, 0.15) is 12.5 Å². The van der Waals surface area contributed by atoms with Gasteiger partial charge in [0.2, 0.25) is 5.91 Å². The molecule has 1 saturated heterocycles. The molecule has 2 aromatic rings. The fraction of sp³-hybridized carbons (Fsp3) is 0.409. The summed E-state index contributed by atoms with van der Waals surface area (Å²) in [6.07, 6.45) is 0. The lowest BCUT2D eigenvalue weighted by molar-refractivity contribution is -0.120. The van der Waals surface area contributed by atoms with E-state index in [1.807, 2.05) is 67.4 Å². The fourth-order valence-electron chi connectivity index (χ4n) is 3.18. The van der Waals surface area contributed by atoms with Crippen LogP contribution in [0.5, 0.6) is 5.75 Å². The first-order valence-corrected chi connectivity index (χ1v) is 9.63. The van der Waals surface area contributed by atoms with Gasteiger partial charge in [0.05, 0.1) is 26.4 Å². The van der Waals surface area contributed by atoms with Gasteiger partial charge in [0.25, 0.3) is 0 Å². The second-order valence-electron chi connectivity index (χ2n) is 7.07. The highest BCUT2D eigenvalue weighted by atomic mass is 16.5. The number of carbonyl (C=O) groups is 1. The van der Waals surface area contributed by atoms with Crippen molar-refractivity contribution in [1.29, 1.82) is 0 Å². The Morgan fingerprint density at radius 3 is 2.39 bits per heavy atom. The number of ether oxygens (including phenoxy) is 2. The van der Waals surface area contributed by atoms with Crippen LogP contribution in [0.2, 0.25) is 0 Å². The molecular weight excluding hydrogens is 354 g/mol. The van der Waals surface area contributed by atoms with Gasteiger partial charge >= 0.3 is 0 Å². The van der Waals surface area contributed by atoms with Crippen molar-refractivity contribution in [2.24, 2.45) is 0 Å². The number of hydrogen-bond donors (Lipinski definition) is 1. The quantitative estimate of drug-likeness (QED) is 0.797. The first kappa shape index (κ1) is 20.2. The van der Waals surface area contributed by atoms with Crippen LogP contribution in [0.15, 0.2) is 48.5 Å². The van der Waals surface area contributed by atoms with E-state index < -0.39 is 0 Å². The summed E-state index contributed by atoms with van der Waals surface area (Å²) in [5.74, 6) is 0.813. The number of morpholine rings is 1. The van der Waals surface area contributed by atoms with Crippen LogP contribution in [0.25, 0.3) is 0 Å². The van der Waals surface area contributed by atoms with Crippen LogP contribution >= 0.6 is 0 Å². The molecule has 6 heteroatoms. The molecule has 0 aromatic heterocycles. The third-order valence-electron chi connectivity index (χ3n) is 5.14. The summed E-state index contributed by atoms with van der Waals surface area (Å²) < 4.78 is 10.6. The number of anilines is 2. The molecule has 0 radical (unpaired) electrons. The number of methoxy groups -OCH3 is 1. The van der Waals surface area contributed by atoms with Crippen molar-refractivity contribution in [3.63, 3.8) is 0 Å². The normalized spacial score (nSPS) is 15.4. The van der Waals surface area contributed by atoms with Gasteiger partial charge in [-0.25, -0.2) is 0 Å². The fourth-order valence-corrected chi connectivity index (χ4v) is 3.18. The standard InChI is InChI=1S/C22H29N3O3/c1-17(24(2)16-18-4-10-21(27-3)11-5-18)22(26)23-19-6-8-20(9-7-19)25-12-14-28-15-13-25/h4-11,17H,12-16H2,1-3H3,(H,23,26). The molecule has 1 unspecified atom stereocenters. The number of hydrogen-bond acceptors (Lipinski definition) is 5. The predicted octanol–water partition coefficient (Wildman–Crippen LogP) is 2.99. The first-order valence-electron chi connectivity index (χ1n) is 9.63. The molecular formula is C22H29N3O3. The molecule has 6 nitrogen and oxygen atoms in total. The van der Waals surface area contributed by atoms with Crippen molar-refractivity contribution in [3.05, 3.63) is 54.1 Å². The van der Waals surface area contributed by atoms with Gasteiger partial charge in [-0.15, -0.1) is 0 Å². The number of likely N-dealkylation sites (N-methyl/N-ethyl adjacent to an activating group) is 1. The molecule has 1 aliphatic heterocycles. The summed E-state index contributed by atoms with van der Waals surface area (Å²) in [5, 5.41) is 3.01. The molecule has 28 heavy (non-hydrogen) atoms. The molecule has 1 N–H and O–H groups in total. The lowest BCUT2D eigenvalue weighted by atomic mass is 10.1. The van der Waals surface area contributed by atoms with Crippen molar-refractivity contribution in [2.45, 2.75) is 19.5 Å². The van der Waals surface area contributed by atoms with E-state index in [0.717, 1.165) is 49.0 Å². The third-order valence-corrected chi connectivity index (χ3v) is 5.14. The van der Waals surface area contributed by atoms with Crippen LogP contribution in [-0.4, -0.2) is 57.3 Å². The zero-order chi connectivity index (χ0) is 19.9. The van der Waals surface area contributed by atoms with E-state index in [-0.39, 0.29) is 11.9 Å². The van der Waals surface area contributed by atoms with Crippen LogP contribution < -0.4 is 15.0 Å². The van der Waals surface area contributed by atoms with Crippen molar-refractivity contribution in [1.82, 2.24) is 4.90 Å². The van der Waals surface area contributed by atoms with Crippen LogP contribution in [-0.2, 0) is 16.1 Å². The van der Waals surface area contributed by atoms with Crippen LogP contribution in [0, 0.1) is 0 Å². The Balaban J connectivity index is 1.53. The largest absolute Gasteiger partial charge is 0.497 e. The topological polar surface area (TPSA) is 54.0 Å². The Hall–Kier alpha value is -2.57. The minimum atomic E-state index is -0.249. The van der Waals surface area contributed by atoms with Crippen molar-refractivity contribution in [3.8, 4) is 5.75 Å². The van der Waals surface area contributed by atoms with E-state index in [9.17, 15) is 4.79 Å². The van der Waals surface area contributed by atoms with Gasteiger partial charge < -0.3 is 19.7 Å². The summed E-state index contributed by atoms with van der Waals surface area (Å²) in [4.78, 5) is 17.0. The molecule has 150 valence electrons. The molecule has 2 aromatic carbocycles. The third kappa shape index (κ3) is 5.24. The second-order valence-corrected chi connectivity index (χ2v) is 7.07. The smallest absolute Gasteiger partial charge is 0.241 e.